The van der Waals surface area contributed by atoms with Crippen LogP contribution in [0.4, 0.5) is 51.2 Å². The van der Waals surface area contributed by atoms with Crippen LogP contribution in [0.2, 0.25) is 0 Å². The summed E-state index contributed by atoms with van der Waals surface area (Å²) in [6, 6.07) is 160. The number of nitrogens with zero attached hydrogens (tertiary/aromatic N) is 5. The van der Waals surface area contributed by atoms with Crippen molar-refractivity contribution in [3.05, 3.63) is 425 Å². The lowest BCUT2D eigenvalue weighted by Gasteiger charge is -2.46. The minimum Gasteiger partial charge on any atom is -0.453 e. The first-order valence-corrected chi connectivity index (χ1v) is 42.3. The van der Waals surface area contributed by atoms with Crippen LogP contribution in [0.25, 0.3) is 55.0 Å². The zero-order valence-corrected chi connectivity index (χ0v) is 62.6. The molecule has 3 aliphatic rings. The van der Waals surface area contributed by atoms with Crippen molar-refractivity contribution in [3.63, 3.8) is 0 Å². The van der Waals surface area contributed by atoms with Crippen molar-refractivity contribution in [2.24, 2.45) is 0 Å². The van der Waals surface area contributed by atoms with Gasteiger partial charge in [-0.3, -0.25) is 0 Å². The molecule has 5 heterocycles. The summed E-state index contributed by atoms with van der Waals surface area (Å²) in [4.78, 5) is 7.71. The zero-order chi connectivity index (χ0) is 73.1. The van der Waals surface area contributed by atoms with Gasteiger partial charge in [0, 0.05) is 67.0 Å². The molecular formula is C102H70BN5OSi2. The van der Waals surface area contributed by atoms with E-state index >= 15 is 0 Å². The standard InChI is InChI=1S/C102H70BN5OSi2/c1-7-31-76(32-8-1)110(77-33-9-2-10-34-77,78-35-11-3-12-36-78)82-63-65-88-96(69-82)106(73-59-55-71(56-60-73)104-90-47-23-19-43-84(90)85-44-20-24-48-91(85)104)98-67-75(108-94-51-27-29-53-100(94)109-101-54-30-28-52-95(101)108)68-99-102(98)103(88)89-66-64-83(111(79-37-13-4-14-38-79,80-39-15-5-16-40-80)81-41-17-6-18-42-81)70-97(89)107(99)74-61-57-72(58-62-74)105-92-49-25-21-45-86(92)87-46-22-26-50-93(87)105/h1-70H. The monoisotopic (exact) mass is 1450 g/mol. The van der Waals surface area contributed by atoms with Crippen LogP contribution in [-0.4, -0.2) is 32.0 Å². The number of para-hydroxylation sites is 8. The second-order valence-corrected chi connectivity index (χ2v) is 37.0. The first-order valence-electron chi connectivity index (χ1n) is 38.3. The Hall–Kier alpha value is -14.0. The lowest BCUT2D eigenvalue weighted by atomic mass is 9.33. The summed E-state index contributed by atoms with van der Waals surface area (Å²) >= 11 is 0. The molecule has 0 radical (unpaired) electrons. The van der Waals surface area contributed by atoms with Gasteiger partial charge in [-0.15, -0.1) is 0 Å². The van der Waals surface area contributed by atoms with E-state index in [2.05, 4.69) is 448 Å². The Morgan fingerprint density at radius 2 is 0.468 bits per heavy atom. The summed E-state index contributed by atoms with van der Waals surface area (Å²) < 4.78 is 11.8. The molecule has 9 heteroatoms. The SMILES string of the molecule is c1ccc([Si](c2ccccc2)(c2ccccc2)c2ccc3c(c2)N(c2ccc(-n4c5ccccc5c5ccccc54)cc2)c2cc(N4c5ccccc5Oc5ccccc54)cc4c2B3c2ccc([Si](c3ccccc3)(c3ccccc3)c3ccccc3)cc2N4c2ccc(-n3c4ccccc4c4ccccc43)cc2)cc1. The normalized spacial score (nSPS) is 12.9. The molecule has 0 saturated carbocycles. The highest BCUT2D eigenvalue weighted by atomic mass is 28.3. The van der Waals surface area contributed by atoms with Crippen molar-refractivity contribution in [2.75, 3.05) is 14.7 Å². The summed E-state index contributed by atoms with van der Waals surface area (Å²) in [6.45, 7) is -0.273. The number of anilines is 9. The Bertz CT molecular complexity index is 6110. The van der Waals surface area contributed by atoms with Gasteiger partial charge in [-0.05, 0) is 179 Å². The van der Waals surface area contributed by atoms with Gasteiger partial charge in [-0.2, -0.15) is 0 Å². The van der Waals surface area contributed by atoms with Crippen LogP contribution in [0.3, 0.4) is 0 Å². The molecule has 2 aromatic heterocycles. The van der Waals surface area contributed by atoms with Gasteiger partial charge in [0.05, 0.1) is 39.1 Å². The van der Waals surface area contributed by atoms with Crippen LogP contribution in [0.15, 0.2) is 425 Å². The summed E-state index contributed by atoms with van der Waals surface area (Å²) in [5.74, 6) is 1.57. The molecule has 22 rings (SSSR count). The second-order valence-electron chi connectivity index (χ2n) is 29.4. The van der Waals surface area contributed by atoms with Gasteiger partial charge >= 0.3 is 0 Å². The highest BCUT2D eigenvalue weighted by molar-refractivity contribution is 7.20. The van der Waals surface area contributed by atoms with Gasteiger partial charge in [0.2, 0.25) is 0 Å². The molecule has 0 atom stereocenters. The number of rotatable bonds is 13. The highest BCUT2D eigenvalue weighted by Gasteiger charge is 2.49. The Morgan fingerprint density at radius 3 is 0.793 bits per heavy atom. The van der Waals surface area contributed by atoms with Gasteiger partial charge < -0.3 is 28.6 Å². The Morgan fingerprint density at radius 1 is 0.198 bits per heavy atom. The van der Waals surface area contributed by atoms with Crippen molar-refractivity contribution in [1.82, 2.24) is 9.13 Å². The average Bonchev–Trinajstić information content (AvgIpc) is 1.20. The maximum absolute atomic E-state index is 6.94. The molecule has 3 aliphatic heterocycles. The van der Waals surface area contributed by atoms with E-state index in [0.29, 0.717) is 0 Å². The summed E-state index contributed by atoms with van der Waals surface area (Å²) in [7, 11) is -6.38. The maximum Gasteiger partial charge on any atom is 0.252 e. The fourth-order valence-electron chi connectivity index (χ4n) is 19.1. The van der Waals surface area contributed by atoms with E-state index in [1.54, 1.807) is 0 Å². The van der Waals surface area contributed by atoms with Crippen molar-refractivity contribution in [2.45, 2.75) is 0 Å². The summed E-state index contributed by atoms with van der Waals surface area (Å²) in [5.41, 5.74) is 19.9. The largest absolute Gasteiger partial charge is 0.453 e. The molecule has 17 aromatic carbocycles. The fourth-order valence-corrected chi connectivity index (χ4v) is 28.7. The fraction of sp³-hybridized carbons (Fsp3) is 0. The first kappa shape index (κ1) is 64.2. The van der Waals surface area contributed by atoms with Gasteiger partial charge in [-0.1, -0.05) is 303 Å². The van der Waals surface area contributed by atoms with Gasteiger partial charge in [0.1, 0.15) is 0 Å². The summed E-state index contributed by atoms with van der Waals surface area (Å²) in [5, 5.41) is 15.4. The average molecular weight is 1450 g/mol. The Labute approximate surface area is 647 Å². The van der Waals surface area contributed by atoms with E-state index in [4.69, 9.17) is 4.74 Å². The van der Waals surface area contributed by atoms with Gasteiger partial charge in [0.25, 0.3) is 6.71 Å². The zero-order valence-electron chi connectivity index (χ0n) is 60.6. The number of hydrogen-bond donors (Lipinski definition) is 0. The number of benzene rings is 17. The quantitative estimate of drug-likeness (QED) is 0.0850. The van der Waals surface area contributed by atoms with Gasteiger partial charge in [-0.25, -0.2) is 0 Å². The molecule has 0 spiro atoms. The molecule has 0 aliphatic carbocycles. The van der Waals surface area contributed by atoms with Crippen LogP contribution in [0.5, 0.6) is 11.5 Å². The molecule has 111 heavy (non-hydrogen) atoms. The van der Waals surface area contributed by atoms with E-state index in [1.165, 1.54) is 101 Å². The number of ether oxygens (including phenoxy) is 1. The van der Waals surface area contributed by atoms with E-state index in [9.17, 15) is 0 Å². The minimum atomic E-state index is -3.19. The van der Waals surface area contributed by atoms with Gasteiger partial charge in [0.15, 0.2) is 27.6 Å². The van der Waals surface area contributed by atoms with Crippen molar-refractivity contribution >= 4 is 176 Å². The van der Waals surface area contributed by atoms with Crippen molar-refractivity contribution < 1.29 is 4.74 Å². The number of hydrogen-bond acceptors (Lipinski definition) is 4. The van der Waals surface area contributed by atoms with E-state index in [0.717, 1.165) is 74.1 Å². The smallest absolute Gasteiger partial charge is 0.252 e. The number of fused-ring (bicyclic) bond motifs is 12. The minimum absolute atomic E-state index is 0.273. The Kier molecular flexibility index (Phi) is 15.0. The molecule has 6 nitrogen and oxygen atoms in total. The van der Waals surface area contributed by atoms with E-state index < -0.39 is 16.1 Å². The van der Waals surface area contributed by atoms with Crippen LogP contribution < -0.4 is 77.3 Å². The molecule has 0 N–H and O–H groups in total. The lowest BCUT2D eigenvalue weighted by molar-refractivity contribution is 0.477. The first-order chi connectivity index (χ1) is 55.1. The molecular weight excluding hydrogens is 1380 g/mol. The highest BCUT2D eigenvalue weighted by Crippen LogP contribution is 2.54. The third-order valence-electron chi connectivity index (χ3n) is 23.7. The second kappa shape index (κ2) is 25.9. The molecule has 0 amide bonds. The third kappa shape index (κ3) is 9.82. The van der Waals surface area contributed by atoms with Crippen LogP contribution in [0, 0.1) is 0 Å². The predicted octanol–water partition coefficient (Wildman–Crippen LogP) is 18.3. The Balaban J connectivity index is 0.872. The predicted molar refractivity (Wildman–Crippen MR) is 471 cm³/mol. The van der Waals surface area contributed by atoms with Crippen molar-refractivity contribution in [3.8, 4) is 22.9 Å². The summed E-state index contributed by atoms with van der Waals surface area (Å²) in [6.07, 6.45) is 0. The lowest BCUT2D eigenvalue weighted by Crippen LogP contribution is -2.75. The number of aromatic nitrogens is 2. The molecule has 0 saturated heterocycles. The van der Waals surface area contributed by atoms with Crippen LogP contribution >= 0.6 is 0 Å². The van der Waals surface area contributed by atoms with Crippen molar-refractivity contribution in [1.29, 1.82) is 0 Å². The van der Waals surface area contributed by atoms with Crippen LogP contribution in [0.1, 0.15) is 0 Å². The molecule has 19 aromatic rings. The molecule has 0 bridgehead atoms. The van der Waals surface area contributed by atoms with E-state index in [-0.39, 0.29) is 6.71 Å². The molecule has 0 unspecified atom stereocenters. The molecule has 520 valence electrons. The van der Waals surface area contributed by atoms with Crippen LogP contribution in [-0.2, 0) is 0 Å². The van der Waals surface area contributed by atoms with E-state index in [1.807, 2.05) is 0 Å². The third-order valence-corrected chi connectivity index (χ3v) is 33.3. The molecule has 0 fully saturated rings. The topological polar surface area (TPSA) is 28.8 Å². The maximum atomic E-state index is 6.94.